The molecule has 104 valence electrons. The number of rotatable bonds is 3. The first-order valence-electron chi connectivity index (χ1n) is 7.04. The van der Waals surface area contributed by atoms with E-state index in [1.54, 1.807) is 6.08 Å². The molecule has 4 aliphatic rings. The van der Waals surface area contributed by atoms with Crippen molar-refractivity contribution in [2.75, 3.05) is 19.6 Å². The Labute approximate surface area is 117 Å². The molecule has 0 aromatic rings. The van der Waals surface area contributed by atoms with Gasteiger partial charge in [-0.1, -0.05) is 12.2 Å². The summed E-state index contributed by atoms with van der Waals surface area (Å²) in [5.74, 6) is 0.372. The third kappa shape index (κ3) is 1.98. The minimum absolute atomic E-state index is 0.372. The fraction of sp³-hybridized carbons (Fsp3) is 0.400. The molecule has 4 rings (SSSR count). The Bertz CT molecular complexity index is 581. The van der Waals surface area contributed by atoms with Gasteiger partial charge in [0, 0.05) is 24.7 Å². The van der Waals surface area contributed by atoms with Crippen LogP contribution in [0.4, 0.5) is 4.39 Å². The van der Waals surface area contributed by atoms with Gasteiger partial charge in [-0.2, -0.15) is 0 Å². The minimum atomic E-state index is -1.10. The Balaban J connectivity index is 1.60. The van der Waals surface area contributed by atoms with Crippen molar-refractivity contribution in [1.29, 1.82) is 0 Å². The average molecular weight is 272 g/mol. The molecule has 0 saturated carbocycles. The standard InChI is InChI=1S/C15H17FN4/c16-14-3-1-2-12(20-14)9-4-10-6-18-15(10)13(5-9)19-11-7-17-8-11/h1-5,10-11,14,17,19-20H,6-8H2. The van der Waals surface area contributed by atoms with E-state index in [9.17, 15) is 4.39 Å². The number of alkyl halides is 1. The molecule has 1 saturated heterocycles. The zero-order chi connectivity index (χ0) is 13.5. The fourth-order valence-corrected chi connectivity index (χ4v) is 2.77. The molecule has 1 fully saturated rings. The van der Waals surface area contributed by atoms with Gasteiger partial charge in [0.15, 0.2) is 6.30 Å². The van der Waals surface area contributed by atoms with E-state index in [1.165, 1.54) is 6.08 Å². The normalized spacial score (nSPS) is 31.6. The minimum Gasteiger partial charge on any atom is -0.378 e. The van der Waals surface area contributed by atoms with Crippen LogP contribution in [0.1, 0.15) is 0 Å². The summed E-state index contributed by atoms with van der Waals surface area (Å²) in [5.41, 5.74) is 4.13. The van der Waals surface area contributed by atoms with Crippen molar-refractivity contribution in [3.8, 4) is 0 Å². The van der Waals surface area contributed by atoms with Crippen LogP contribution in [-0.4, -0.2) is 37.7 Å². The van der Waals surface area contributed by atoms with Crippen LogP contribution in [0.25, 0.3) is 0 Å². The molecule has 5 heteroatoms. The molecule has 0 radical (unpaired) electrons. The summed E-state index contributed by atoms with van der Waals surface area (Å²) in [4.78, 5) is 4.47. The summed E-state index contributed by atoms with van der Waals surface area (Å²) in [7, 11) is 0. The number of nitrogens with one attached hydrogen (secondary N) is 3. The molecule has 0 spiro atoms. The molecule has 3 aliphatic heterocycles. The fourth-order valence-electron chi connectivity index (χ4n) is 2.77. The van der Waals surface area contributed by atoms with Crippen LogP contribution in [0, 0.1) is 5.92 Å². The van der Waals surface area contributed by atoms with Gasteiger partial charge in [0.05, 0.1) is 24.0 Å². The van der Waals surface area contributed by atoms with Gasteiger partial charge < -0.3 is 16.0 Å². The number of halogens is 1. The van der Waals surface area contributed by atoms with Gasteiger partial charge in [0.1, 0.15) is 0 Å². The molecule has 0 aromatic carbocycles. The lowest BCUT2D eigenvalue weighted by molar-refractivity contribution is 0.357. The van der Waals surface area contributed by atoms with Crippen molar-refractivity contribution < 1.29 is 4.39 Å². The van der Waals surface area contributed by atoms with Crippen molar-refractivity contribution >= 4 is 5.71 Å². The third-order valence-corrected chi connectivity index (χ3v) is 4.05. The predicted molar refractivity (Wildman–Crippen MR) is 77.0 cm³/mol. The first-order valence-corrected chi connectivity index (χ1v) is 7.04. The molecule has 0 aromatic heterocycles. The van der Waals surface area contributed by atoms with Crippen LogP contribution in [-0.2, 0) is 0 Å². The maximum Gasteiger partial charge on any atom is 0.189 e. The van der Waals surface area contributed by atoms with Crippen molar-refractivity contribution in [3.63, 3.8) is 0 Å². The van der Waals surface area contributed by atoms with Crippen LogP contribution in [0.5, 0.6) is 0 Å². The molecule has 0 amide bonds. The summed E-state index contributed by atoms with van der Waals surface area (Å²) in [6.07, 6.45) is 8.34. The maximum absolute atomic E-state index is 13.4. The number of hydrogen-bond donors (Lipinski definition) is 3. The Morgan fingerprint density at radius 3 is 2.90 bits per heavy atom. The first kappa shape index (κ1) is 11.9. The second kappa shape index (κ2) is 4.59. The van der Waals surface area contributed by atoms with Crippen LogP contribution in [0.15, 0.2) is 52.3 Å². The number of nitrogens with zero attached hydrogens (tertiary/aromatic N) is 1. The number of aliphatic imine (C=N–C) groups is 1. The van der Waals surface area contributed by atoms with Gasteiger partial charge in [0.25, 0.3) is 0 Å². The summed E-state index contributed by atoms with van der Waals surface area (Å²) in [6.45, 7) is 2.82. The number of hydrogen-bond acceptors (Lipinski definition) is 4. The monoisotopic (exact) mass is 272 g/mol. The SMILES string of the molecule is FC1C=CC=C(C2=CC3CN=C3C(NC3CNC3)=C2)N1. The smallest absolute Gasteiger partial charge is 0.189 e. The van der Waals surface area contributed by atoms with Gasteiger partial charge in [-0.25, -0.2) is 4.39 Å². The van der Waals surface area contributed by atoms with E-state index in [4.69, 9.17) is 0 Å². The largest absolute Gasteiger partial charge is 0.378 e. The second-order valence-corrected chi connectivity index (χ2v) is 5.52. The quantitative estimate of drug-likeness (QED) is 0.666. The van der Waals surface area contributed by atoms with E-state index in [-0.39, 0.29) is 0 Å². The highest BCUT2D eigenvalue weighted by atomic mass is 19.1. The summed E-state index contributed by atoms with van der Waals surface area (Å²) in [6, 6.07) is 0.478. The van der Waals surface area contributed by atoms with Crippen LogP contribution in [0.2, 0.25) is 0 Å². The van der Waals surface area contributed by atoms with Crippen molar-refractivity contribution in [3.05, 3.63) is 47.3 Å². The molecule has 20 heavy (non-hydrogen) atoms. The second-order valence-electron chi connectivity index (χ2n) is 5.52. The zero-order valence-corrected chi connectivity index (χ0v) is 11.1. The Kier molecular flexibility index (Phi) is 2.73. The lowest BCUT2D eigenvalue weighted by atomic mass is 9.85. The van der Waals surface area contributed by atoms with E-state index in [0.717, 1.165) is 42.3 Å². The van der Waals surface area contributed by atoms with E-state index >= 15 is 0 Å². The Morgan fingerprint density at radius 2 is 2.25 bits per heavy atom. The molecule has 0 bridgehead atoms. The Morgan fingerprint density at radius 1 is 1.35 bits per heavy atom. The highest BCUT2D eigenvalue weighted by Crippen LogP contribution is 2.29. The number of dihydropyridines is 1. The zero-order valence-electron chi connectivity index (χ0n) is 11.1. The summed E-state index contributed by atoms with van der Waals surface area (Å²) < 4.78 is 13.4. The summed E-state index contributed by atoms with van der Waals surface area (Å²) >= 11 is 0. The van der Waals surface area contributed by atoms with Gasteiger partial charge in [-0.3, -0.25) is 4.99 Å². The van der Waals surface area contributed by atoms with Gasteiger partial charge >= 0.3 is 0 Å². The van der Waals surface area contributed by atoms with Crippen LogP contribution in [0.3, 0.4) is 0 Å². The molecule has 2 unspecified atom stereocenters. The Hall–Kier alpha value is -1.88. The number of fused-ring (bicyclic) bond motifs is 1. The van der Waals surface area contributed by atoms with Crippen molar-refractivity contribution in [2.24, 2.45) is 10.9 Å². The molecule has 1 aliphatic carbocycles. The van der Waals surface area contributed by atoms with Crippen molar-refractivity contribution in [2.45, 2.75) is 12.3 Å². The molecular weight excluding hydrogens is 255 g/mol. The molecule has 3 N–H and O–H groups in total. The first-order chi connectivity index (χ1) is 9.79. The lowest BCUT2D eigenvalue weighted by Crippen LogP contribution is -2.56. The van der Waals surface area contributed by atoms with E-state index in [1.807, 2.05) is 6.08 Å². The number of allylic oxidation sites excluding steroid dienone is 4. The van der Waals surface area contributed by atoms with Gasteiger partial charge in [-0.15, -0.1) is 0 Å². The van der Waals surface area contributed by atoms with Crippen LogP contribution < -0.4 is 16.0 Å². The average Bonchev–Trinajstić information content (AvgIpc) is 2.35. The molecule has 3 heterocycles. The molecule has 2 atom stereocenters. The highest BCUT2D eigenvalue weighted by Gasteiger charge is 2.31. The van der Waals surface area contributed by atoms with Crippen molar-refractivity contribution in [1.82, 2.24) is 16.0 Å². The predicted octanol–water partition coefficient (Wildman–Crippen LogP) is 0.781. The van der Waals surface area contributed by atoms with E-state index in [0.29, 0.717) is 12.0 Å². The van der Waals surface area contributed by atoms with E-state index in [2.05, 4.69) is 33.1 Å². The van der Waals surface area contributed by atoms with Gasteiger partial charge in [0.2, 0.25) is 0 Å². The third-order valence-electron chi connectivity index (χ3n) is 4.05. The summed E-state index contributed by atoms with van der Waals surface area (Å²) in [5, 5.41) is 9.64. The molecular formula is C15H17FN4. The topological polar surface area (TPSA) is 48.5 Å². The van der Waals surface area contributed by atoms with E-state index < -0.39 is 6.30 Å². The maximum atomic E-state index is 13.4. The molecule has 4 nitrogen and oxygen atoms in total. The highest BCUT2D eigenvalue weighted by molar-refractivity contribution is 6.07. The van der Waals surface area contributed by atoms with Crippen LogP contribution >= 0.6 is 0 Å². The lowest BCUT2D eigenvalue weighted by Gasteiger charge is -2.36. The van der Waals surface area contributed by atoms with Gasteiger partial charge in [-0.05, 0) is 23.8 Å².